The molecule has 0 spiro atoms. The predicted octanol–water partition coefficient (Wildman–Crippen LogP) is 4.98. The number of likely N-dealkylation sites (N-methyl/N-ethyl adjacent to an activating group) is 1. The van der Waals surface area contributed by atoms with Gasteiger partial charge in [0.15, 0.2) is 11.7 Å². The van der Waals surface area contributed by atoms with Crippen molar-refractivity contribution in [1.82, 2.24) is 9.88 Å². The largest absolute Gasteiger partial charge is 0.484 e. The Hall–Kier alpha value is -2.44. The maximum Gasteiger partial charge on any atom is 0.266 e. The Morgan fingerprint density at radius 1 is 1.00 bits per heavy atom. The van der Waals surface area contributed by atoms with Gasteiger partial charge in [-0.3, -0.25) is 9.69 Å². The van der Waals surface area contributed by atoms with Crippen LogP contribution in [-0.4, -0.2) is 48.6 Å². The number of hydrogen-bond acceptors (Lipinski definition) is 5. The maximum atomic E-state index is 13.2. The van der Waals surface area contributed by atoms with Crippen molar-refractivity contribution >= 4 is 32.6 Å². The summed E-state index contributed by atoms with van der Waals surface area (Å²) in [5, 5.41) is 0.739. The third kappa shape index (κ3) is 5.18. The van der Waals surface area contributed by atoms with E-state index in [0.29, 0.717) is 12.3 Å². The molecule has 3 rings (SSSR count). The first-order chi connectivity index (χ1) is 14.4. The van der Waals surface area contributed by atoms with E-state index in [1.807, 2.05) is 31.2 Å². The van der Waals surface area contributed by atoms with Gasteiger partial charge < -0.3 is 9.64 Å². The summed E-state index contributed by atoms with van der Waals surface area (Å²) in [4.78, 5) is 22.1. The van der Waals surface area contributed by atoms with Crippen molar-refractivity contribution < 1.29 is 9.53 Å². The molecule has 0 aliphatic rings. The van der Waals surface area contributed by atoms with Crippen LogP contribution in [-0.2, 0) is 4.79 Å². The molecule has 0 radical (unpaired) electrons. The van der Waals surface area contributed by atoms with Crippen molar-refractivity contribution in [1.29, 1.82) is 0 Å². The summed E-state index contributed by atoms with van der Waals surface area (Å²) in [6.07, 6.45) is 0. The van der Waals surface area contributed by atoms with Gasteiger partial charge in [0.1, 0.15) is 5.75 Å². The highest BCUT2D eigenvalue weighted by atomic mass is 32.1. The molecule has 0 N–H and O–H groups in total. The SMILES string of the molecule is CCN(CC)CCN(C(=O)COc1ccc(C)cc1)c1nc2c(C)c(C)ccc2s1. The Labute approximate surface area is 183 Å². The van der Waals surface area contributed by atoms with E-state index in [1.165, 1.54) is 11.1 Å². The molecule has 0 aliphatic heterocycles. The number of benzene rings is 2. The Kier molecular flexibility index (Phi) is 7.45. The van der Waals surface area contributed by atoms with Crippen LogP contribution in [0.15, 0.2) is 36.4 Å². The lowest BCUT2D eigenvalue weighted by Crippen LogP contribution is -2.41. The van der Waals surface area contributed by atoms with E-state index >= 15 is 0 Å². The van der Waals surface area contributed by atoms with Crippen LogP contribution in [0.1, 0.15) is 30.5 Å². The van der Waals surface area contributed by atoms with Crippen LogP contribution < -0.4 is 9.64 Å². The number of thiazole rings is 1. The molecule has 160 valence electrons. The molecule has 0 saturated heterocycles. The van der Waals surface area contributed by atoms with E-state index in [2.05, 4.69) is 44.7 Å². The van der Waals surface area contributed by atoms with E-state index < -0.39 is 0 Å². The summed E-state index contributed by atoms with van der Waals surface area (Å²) in [6.45, 7) is 13.8. The van der Waals surface area contributed by atoms with E-state index in [-0.39, 0.29) is 12.5 Å². The molecule has 0 fully saturated rings. The fourth-order valence-corrected chi connectivity index (χ4v) is 4.36. The fraction of sp³-hybridized carbons (Fsp3) is 0.417. The van der Waals surface area contributed by atoms with Gasteiger partial charge in [0.2, 0.25) is 0 Å². The first-order valence-corrected chi connectivity index (χ1v) is 11.3. The first kappa shape index (κ1) is 22.2. The van der Waals surface area contributed by atoms with Crippen LogP contribution in [0.5, 0.6) is 5.75 Å². The van der Waals surface area contributed by atoms with Crippen molar-refractivity contribution in [3.8, 4) is 5.75 Å². The van der Waals surface area contributed by atoms with Gasteiger partial charge >= 0.3 is 0 Å². The van der Waals surface area contributed by atoms with Gasteiger partial charge in [-0.1, -0.05) is 48.9 Å². The standard InChI is InChI=1S/C24H31N3O2S/c1-6-26(7-2)14-15-27(22(28)16-29-20-11-8-17(3)9-12-20)24-25-23-19(5)18(4)10-13-21(23)30-24/h8-13H,6-7,14-16H2,1-5H3. The van der Waals surface area contributed by atoms with Crippen molar-refractivity contribution in [2.45, 2.75) is 34.6 Å². The Bertz CT molecular complexity index is 994. The minimum Gasteiger partial charge on any atom is -0.484 e. The topological polar surface area (TPSA) is 45.7 Å². The van der Waals surface area contributed by atoms with Gasteiger partial charge in [-0.2, -0.15) is 0 Å². The number of hydrogen-bond donors (Lipinski definition) is 0. The second kappa shape index (κ2) is 10.0. The van der Waals surface area contributed by atoms with Crippen LogP contribution in [0.2, 0.25) is 0 Å². The summed E-state index contributed by atoms with van der Waals surface area (Å²) < 4.78 is 6.88. The lowest BCUT2D eigenvalue weighted by Gasteiger charge is -2.24. The summed E-state index contributed by atoms with van der Waals surface area (Å²) in [6, 6.07) is 12.0. The average Bonchev–Trinajstić information content (AvgIpc) is 3.18. The summed E-state index contributed by atoms with van der Waals surface area (Å²) in [7, 11) is 0. The van der Waals surface area contributed by atoms with Crippen molar-refractivity contribution in [3.63, 3.8) is 0 Å². The van der Waals surface area contributed by atoms with Gasteiger partial charge in [0.25, 0.3) is 5.91 Å². The number of rotatable bonds is 9. The number of amides is 1. The van der Waals surface area contributed by atoms with Crippen molar-refractivity contribution in [2.24, 2.45) is 0 Å². The van der Waals surface area contributed by atoms with Crippen LogP contribution in [0.4, 0.5) is 5.13 Å². The van der Waals surface area contributed by atoms with Gasteiger partial charge in [0, 0.05) is 13.1 Å². The number of ether oxygens (including phenoxy) is 1. The first-order valence-electron chi connectivity index (χ1n) is 10.5. The molecule has 5 nitrogen and oxygen atoms in total. The van der Waals surface area contributed by atoms with E-state index in [4.69, 9.17) is 9.72 Å². The smallest absolute Gasteiger partial charge is 0.266 e. The highest BCUT2D eigenvalue weighted by molar-refractivity contribution is 7.22. The monoisotopic (exact) mass is 425 g/mol. The third-order valence-corrected chi connectivity index (χ3v) is 6.57. The molecule has 0 atom stereocenters. The van der Waals surface area contributed by atoms with Crippen LogP contribution in [0.25, 0.3) is 10.2 Å². The van der Waals surface area contributed by atoms with Crippen LogP contribution in [0, 0.1) is 20.8 Å². The molecule has 2 aromatic carbocycles. The van der Waals surface area contributed by atoms with E-state index in [1.54, 1.807) is 16.2 Å². The molecule has 3 aromatic rings. The summed E-state index contributed by atoms with van der Waals surface area (Å²) in [5.41, 5.74) is 4.52. The number of anilines is 1. The number of fused-ring (bicyclic) bond motifs is 1. The van der Waals surface area contributed by atoms with E-state index in [9.17, 15) is 4.79 Å². The summed E-state index contributed by atoms with van der Waals surface area (Å²) in [5.74, 6) is 0.629. The van der Waals surface area contributed by atoms with Crippen LogP contribution in [0.3, 0.4) is 0 Å². The fourth-order valence-electron chi connectivity index (χ4n) is 3.30. The lowest BCUT2D eigenvalue weighted by atomic mass is 10.1. The van der Waals surface area contributed by atoms with Crippen molar-refractivity contribution in [3.05, 3.63) is 53.1 Å². The van der Waals surface area contributed by atoms with Gasteiger partial charge in [0.05, 0.1) is 10.2 Å². The molecule has 0 bridgehead atoms. The molecule has 0 aliphatic carbocycles. The predicted molar refractivity (Wildman–Crippen MR) is 126 cm³/mol. The van der Waals surface area contributed by atoms with Gasteiger partial charge in [-0.05, 0) is 63.2 Å². The molecular formula is C24H31N3O2S. The zero-order chi connectivity index (χ0) is 21.7. The number of nitrogens with zero attached hydrogens (tertiary/aromatic N) is 3. The molecule has 1 aromatic heterocycles. The molecule has 1 amide bonds. The lowest BCUT2D eigenvalue weighted by molar-refractivity contribution is -0.120. The number of carbonyl (C=O) groups is 1. The van der Waals surface area contributed by atoms with Crippen LogP contribution >= 0.6 is 11.3 Å². The molecule has 0 saturated carbocycles. The maximum absolute atomic E-state index is 13.2. The van der Waals surface area contributed by atoms with E-state index in [0.717, 1.165) is 40.5 Å². The van der Waals surface area contributed by atoms with Crippen molar-refractivity contribution in [2.75, 3.05) is 37.7 Å². The quantitative estimate of drug-likeness (QED) is 0.485. The second-order valence-electron chi connectivity index (χ2n) is 7.52. The Morgan fingerprint density at radius 3 is 2.37 bits per heavy atom. The second-order valence-corrected chi connectivity index (χ2v) is 8.53. The molecule has 30 heavy (non-hydrogen) atoms. The normalized spacial score (nSPS) is 11.3. The zero-order valence-corrected chi connectivity index (χ0v) is 19.4. The Balaban J connectivity index is 1.83. The third-order valence-electron chi connectivity index (χ3n) is 5.52. The molecular weight excluding hydrogens is 394 g/mol. The highest BCUT2D eigenvalue weighted by Crippen LogP contribution is 2.32. The average molecular weight is 426 g/mol. The molecule has 6 heteroatoms. The number of aromatic nitrogens is 1. The minimum atomic E-state index is -0.0730. The van der Waals surface area contributed by atoms with Gasteiger partial charge in [-0.25, -0.2) is 4.98 Å². The number of aryl methyl sites for hydroxylation is 3. The Morgan fingerprint density at radius 2 is 1.70 bits per heavy atom. The number of carbonyl (C=O) groups excluding carboxylic acids is 1. The van der Waals surface area contributed by atoms with Gasteiger partial charge in [-0.15, -0.1) is 0 Å². The molecule has 0 unspecified atom stereocenters. The molecule has 1 heterocycles. The zero-order valence-electron chi connectivity index (χ0n) is 18.6. The highest BCUT2D eigenvalue weighted by Gasteiger charge is 2.21. The minimum absolute atomic E-state index is 0.00472. The summed E-state index contributed by atoms with van der Waals surface area (Å²) >= 11 is 1.57.